The predicted molar refractivity (Wildman–Crippen MR) is 134 cm³/mol. The normalized spacial score (nSPS) is 11.3. The zero-order valence-electron chi connectivity index (χ0n) is 20.7. The van der Waals surface area contributed by atoms with Crippen molar-refractivity contribution in [1.82, 2.24) is 0 Å². The lowest BCUT2D eigenvalue weighted by molar-refractivity contribution is -0.135. The first-order chi connectivity index (χ1) is 16.9. The van der Waals surface area contributed by atoms with Crippen molar-refractivity contribution in [3.05, 3.63) is 64.9 Å². The average Bonchev–Trinajstić information content (AvgIpc) is 2.91. The minimum absolute atomic E-state index is 0.00826. The van der Waals surface area contributed by atoms with Gasteiger partial charge in [0.05, 0.1) is 35.5 Å². The summed E-state index contributed by atoms with van der Waals surface area (Å²) in [6.45, 7) is 2.31. The van der Waals surface area contributed by atoms with Crippen LogP contribution in [0.1, 0.15) is 22.8 Å². The van der Waals surface area contributed by atoms with Gasteiger partial charge in [0, 0.05) is 18.3 Å². The third-order valence-corrected chi connectivity index (χ3v) is 4.47. The number of esters is 1. The summed E-state index contributed by atoms with van der Waals surface area (Å²) in [5.41, 5.74) is 1.34. The molecule has 0 amide bonds. The molecule has 0 aromatic heterocycles. The van der Waals surface area contributed by atoms with Crippen LogP contribution in [0.15, 0.2) is 58.8 Å². The van der Waals surface area contributed by atoms with Crippen LogP contribution in [0.5, 0.6) is 23.0 Å². The van der Waals surface area contributed by atoms with Gasteiger partial charge in [-0.2, -0.15) is 0 Å². The standard InChI is InChI=1S/C17H21NO5.C9H10O3/c1-5-18-11-13(17(20)23-4)14(19)8-6-12-7-9-15(21-2)16(10-12)22-3;1-11-8-4-3-7(6-10)5-9(8)12-2/h6-11,19H,5H2,1-4H3;3-6H,1-2H3. The number of carbonyl (C=O) groups excluding carboxylic acids is 2. The molecule has 0 atom stereocenters. The van der Waals surface area contributed by atoms with E-state index < -0.39 is 5.97 Å². The molecule has 0 radical (unpaired) electrons. The Morgan fingerprint density at radius 3 is 1.83 bits per heavy atom. The fourth-order valence-corrected chi connectivity index (χ4v) is 2.66. The second-order valence-electron chi connectivity index (χ2n) is 6.60. The van der Waals surface area contributed by atoms with Crippen molar-refractivity contribution in [3.63, 3.8) is 0 Å². The van der Waals surface area contributed by atoms with E-state index in [0.29, 0.717) is 35.1 Å². The van der Waals surface area contributed by atoms with Crippen LogP contribution in [0, 0.1) is 0 Å². The molecule has 0 fully saturated rings. The van der Waals surface area contributed by atoms with Crippen molar-refractivity contribution in [2.45, 2.75) is 6.92 Å². The largest absolute Gasteiger partial charge is 0.507 e. The quantitative estimate of drug-likeness (QED) is 0.132. The van der Waals surface area contributed by atoms with Crippen LogP contribution in [0.4, 0.5) is 0 Å². The van der Waals surface area contributed by atoms with Crippen LogP contribution in [0.3, 0.4) is 0 Å². The molecule has 35 heavy (non-hydrogen) atoms. The third kappa shape index (κ3) is 8.88. The van der Waals surface area contributed by atoms with Crippen LogP contribution in [0.25, 0.3) is 6.08 Å². The summed E-state index contributed by atoms with van der Waals surface area (Å²) >= 11 is 0. The maximum atomic E-state index is 11.7. The Morgan fingerprint density at radius 2 is 1.37 bits per heavy atom. The molecule has 0 aliphatic heterocycles. The van der Waals surface area contributed by atoms with Gasteiger partial charge in [0.2, 0.25) is 0 Å². The molecule has 2 aromatic rings. The number of hydrogen-bond donors (Lipinski definition) is 1. The molecular formula is C26H31NO8. The van der Waals surface area contributed by atoms with E-state index in [9.17, 15) is 14.7 Å². The van der Waals surface area contributed by atoms with Crippen LogP contribution in [-0.2, 0) is 9.53 Å². The Morgan fingerprint density at radius 1 is 0.857 bits per heavy atom. The van der Waals surface area contributed by atoms with Gasteiger partial charge in [0.25, 0.3) is 0 Å². The number of rotatable bonds is 10. The number of methoxy groups -OCH3 is 5. The van der Waals surface area contributed by atoms with Crippen LogP contribution < -0.4 is 18.9 Å². The molecule has 0 bridgehead atoms. The molecular weight excluding hydrogens is 454 g/mol. The van der Waals surface area contributed by atoms with Gasteiger partial charge in [-0.05, 0) is 48.9 Å². The molecule has 0 spiro atoms. The molecule has 0 saturated carbocycles. The fourth-order valence-electron chi connectivity index (χ4n) is 2.66. The van der Waals surface area contributed by atoms with Gasteiger partial charge in [0.1, 0.15) is 17.6 Å². The summed E-state index contributed by atoms with van der Waals surface area (Å²) < 4.78 is 25.0. The number of aliphatic hydroxyl groups is 1. The number of carbonyl (C=O) groups is 2. The van der Waals surface area contributed by atoms with Crippen LogP contribution in [-0.4, -0.2) is 65.7 Å². The highest BCUT2D eigenvalue weighted by molar-refractivity contribution is 6.10. The predicted octanol–water partition coefficient (Wildman–Crippen LogP) is 4.31. The first-order valence-electron chi connectivity index (χ1n) is 10.5. The Kier molecular flexibility index (Phi) is 12.8. The highest BCUT2D eigenvalue weighted by Gasteiger charge is 2.12. The topological polar surface area (TPSA) is 113 Å². The average molecular weight is 486 g/mol. The number of allylic oxidation sites excluding steroid dienone is 1. The Labute approximate surface area is 205 Å². The second kappa shape index (κ2) is 15.5. The number of aliphatic hydroxyl groups excluding tert-OH is 1. The van der Waals surface area contributed by atoms with E-state index >= 15 is 0 Å². The van der Waals surface area contributed by atoms with Crippen molar-refractivity contribution in [2.75, 3.05) is 42.1 Å². The minimum Gasteiger partial charge on any atom is -0.507 e. The van der Waals surface area contributed by atoms with Gasteiger partial charge >= 0.3 is 5.97 Å². The molecule has 0 saturated heterocycles. The first-order valence-corrected chi connectivity index (χ1v) is 10.5. The lowest BCUT2D eigenvalue weighted by atomic mass is 10.1. The maximum Gasteiger partial charge on any atom is 0.343 e. The highest BCUT2D eigenvalue weighted by Crippen LogP contribution is 2.28. The lowest BCUT2D eigenvalue weighted by Crippen LogP contribution is -2.08. The van der Waals surface area contributed by atoms with E-state index in [2.05, 4.69) is 9.73 Å². The van der Waals surface area contributed by atoms with E-state index in [4.69, 9.17) is 18.9 Å². The zero-order valence-corrected chi connectivity index (χ0v) is 20.7. The molecule has 2 aromatic carbocycles. The van der Waals surface area contributed by atoms with E-state index in [1.165, 1.54) is 26.5 Å². The summed E-state index contributed by atoms with van der Waals surface area (Å²) in [6, 6.07) is 10.3. The molecule has 0 aliphatic rings. The van der Waals surface area contributed by atoms with Crippen molar-refractivity contribution < 1.29 is 38.4 Å². The van der Waals surface area contributed by atoms with Gasteiger partial charge in [-0.3, -0.25) is 9.79 Å². The van der Waals surface area contributed by atoms with Gasteiger partial charge in [0.15, 0.2) is 23.0 Å². The summed E-state index contributed by atoms with van der Waals surface area (Å²) in [6.07, 6.45) is 5.09. The van der Waals surface area contributed by atoms with E-state index in [1.54, 1.807) is 63.8 Å². The zero-order chi connectivity index (χ0) is 26.2. The number of aliphatic imine (C=N–C) groups is 1. The SMILES string of the molecule is CCN=CC(C(=O)OC)=C(O)C=Cc1ccc(OC)c(OC)c1.COc1ccc(C=O)cc1OC. The highest BCUT2D eigenvalue weighted by atomic mass is 16.5. The molecule has 188 valence electrons. The van der Waals surface area contributed by atoms with E-state index in [1.807, 2.05) is 6.92 Å². The van der Waals surface area contributed by atoms with Crippen molar-refractivity contribution in [2.24, 2.45) is 4.99 Å². The summed E-state index contributed by atoms with van der Waals surface area (Å²) in [5, 5.41) is 10.1. The Balaban J connectivity index is 0.000000427. The lowest BCUT2D eigenvalue weighted by Gasteiger charge is -2.07. The monoisotopic (exact) mass is 485 g/mol. The van der Waals surface area contributed by atoms with Gasteiger partial charge in [-0.1, -0.05) is 12.1 Å². The number of benzene rings is 2. The van der Waals surface area contributed by atoms with Crippen molar-refractivity contribution in [3.8, 4) is 23.0 Å². The van der Waals surface area contributed by atoms with Crippen molar-refractivity contribution in [1.29, 1.82) is 0 Å². The Bertz CT molecular complexity index is 1070. The molecule has 9 heteroatoms. The van der Waals surface area contributed by atoms with Crippen molar-refractivity contribution >= 4 is 24.5 Å². The fraction of sp³-hybridized carbons (Fsp3) is 0.269. The minimum atomic E-state index is -0.656. The molecule has 9 nitrogen and oxygen atoms in total. The number of nitrogens with zero attached hydrogens (tertiary/aromatic N) is 1. The summed E-state index contributed by atoms with van der Waals surface area (Å²) in [5.74, 6) is 1.49. The molecule has 1 N–H and O–H groups in total. The Hall–Kier alpha value is -4.27. The number of ether oxygens (including phenoxy) is 5. The van der Waals surface area contributed by atoms with Gasteiger partial charge in [-0.15, -0.1) is 0 Å². The van der Waals surface area contributed by atoms with E-state index in [0.717, 1.165) is 11.8 Å². The van der Waals surface area contributed by atoms with E-state index in [-0.39, 0.29) is 11.3 Å². The number of hydrogen-bond acceptors (Lipinski definition) is 9. The maximum absolute atomic E-state index is 11.7. The first kappa shape index (κ1) is 28.8. The van der Waals surface area contributed by atoms with Gasteiger partial charge < -0.3 is 28.8 Å². The smallest absolute Gasteiger partial charge is 0.343 e. The molecule has 0 aliphatic carbocycles. The number of aldehydes is 1. The second-order valence-corrected chi connectivity index (χ2v) is 6.60. The summed E-state index contributed by atoms with van der Waals surface area (Å²) in [4.78, 5) is 26.0. The third-order valence-electron chi connectivity index (χ3n) is 4.47. The van der Waals surface area contributed by atoms with Gasteiger partial charge in [-0.25, -0.2) is 4.79 Å². The molecule has 2 rings (SSSR count). The molecule has 0 heterocycles. The summed E-state index contributed by atoms with van der Waals surface area (Å²) in [7, 11) is 7.43. The van der Waals surface area contributed by atoms with Crippen LogP contribution >= 0.6 is 0 Å². The molecule has 0 unspecified atom stereocenters. The van der Waals surface area contributed by atoms with Crippen LogP contribution in [0.2, 0.25) is 0 Å².